The van der Waals surface area contributed by atoms with Gasteiger partial charge in [0.25, 0.3) is 0 Å². The van der Waals surface area contributed by atoms with E-state index in [0.717, 1.165) is 23.9 Å². The average Bonchev–Trinajstić information content (AvgIpc) is 2.65. The Hall–Kier alpha value is -0.740. The molecule has 0 bridgehead atoms. The van der Waals surface area contributed by atoms with Crippen LogP contribution in [0.3, 0.4) is 0 Å². The maximum absolute atomic E-state index is 5.53. The number of nitrogens with zero attached hydrogens (tertiary/aromatic N) is 1. The van der Waals surface area contributed by atoms with E-state index in [1.807, 2.05) is 30.9 Å². The van der Waals surface area contributed by atoms with E-state index in [1.165, 1.54) is 0 Å². The van der Waals surface area contributed by atoms with E-state index in [-0.39, 0.29) is 0 Å². The van der Waals surface area contributed by atoms with Gasteiger partial charge in [0, 0.05) is 18.9 Å². The molecule has 2 heterocycles. The Morgan fingerprint density at radius 1 is 1.53 bits per heavy atom. The number of ether oxygens (including phenoxy) is 1. The van der Waals surface area contributed by atoms with Gasteiger partial charge in [0.15, 0.2) is 0 Å². The van der Waals surface area contributed by atoms with Gasteiger partial charge < -0.3 is 10.1 Å². The molecule has 1 N–H and O–H groups in total. The van der Waals surface area contributed by atoms with E-state index in [9.17, 15) is 0 Å². The van der Waals surface area contributed by atoms with Crippen molar-refractivity contribution in [2.75, 3.05) is 19.0 Å². The Balaban J connectivity index is 2.03. The van der Waals surface area contributed by atoms with Crippen molar-refractivity contribution in [1.29, 1.82) is 0 Å². The largest absolute Gasteiger partial charge is 0.377 e. The van der Waals surface area contributed by atoms with Crippen LogP contribution in [-0.4, -0.2) is 30.0 Å². The van der Waals surface area contributed by atoms with Crippen LogP contribution in [0.5, 0.6) is 0 Å². The number of hydrogen-bond donors (Lipinski definition) is 1. The molecule has 0 aliphatic carbocycles. The molecule has 0 amide bonds. The van der Waals surface area contributed by atoms with Crippen molar-refractivity contribution >= 4 is 17.6 Å². The minimum atomic E-state index is 0.343. The van der Waals surface area contributed by atoms with E-state index in [0.29, 0.717) is 11.4 Å². The Bertz CT molecular complexity index is 332. The second-order valence-corrected chi connectivity index (χ2v) is 4.89. The average molecular weight is 224 g/mol. The highest BCUT2D eigenvalue weighted by atomic mass is 32.2. The van der Waals surface area contributed by atoms with Gasteiger partial charge in [-0.1, -0.05) is 6.07 Å². The molecular weight excluding hydrogens is 208 g/mol. The molecule has 2 rings (SSSR count). The van der Waals surface area contributed by atoms with Crippen molar-refractivity contribution in [3.05, 3.63) is 18.2 Å². The number of hydrogen-bond acceptors (Lipinski definition) is 4. The van der Waals surface area contributed by atoms with Crippen LogP contribution in [0, 0.1) is 0 Å². The van der Waals surface area contributed by atoms with Gasteiger partial charge in [-0.2, -0.15) is 0 Å². The maximum atomic E-state index is 5.53. The monoisotopic (exact) mass is 224 g/mol. The highest BCUT2D eigenvalue weighted by molar-refractivity contribution is 7.99. The zero-order valence-electron chi connectivity index (χ0n) is 9.06. The summed E-state index contributed by atoms with van der Waals surface area (Å²) in [5.41, 5.74) is 0. The molecule has 15 heavy (non-hydrogen) atoms. The molecule has 0 aromatic carbocycles. The molecule has 1 aromatic heterocycles. The third-order valence-corrected chi connectivity index (χ3v) is 3.95. The van der Waals surface area contributed by atoms with Crippen molar-refractivity contribution in [2.45, 2.75) is 29.7 Å². The minimum Gasteiger partial charge on any atom is -0.377 e. The summed E-state index contributed by atoms with van der Waals surface area (Å²) < 4.78 is 5.53. The van der Waals surface area contributed by atoms with Crippen molar-refractivity contribution in [3.63, 3.8) is 0 Å². The summed E-state index contributed by atoms with van der Waals surface area (Å²) in [5.74, 6) is 0.923. The summed E-state index contributed by atoms with van der Waals surface area (Å²) in [6.45, 7) is 3.01. The first-order chi connectivity index (χ1) is 7.29. The van der Waals surface area contributed by atoms with Crippen molar-refractivity contribution in [2.24, 2.45) is 0 Å². The van der Waals surface area contributed by atoms with Crippen LogP contribution < -0.4 is 5.32 Å². The lowest BCUT2D eigenvalue weighted by atomic mass is 10.3. The van der Waals surface area contributed by atoms with E-state index in [1.54, 1.807) is 0 Å². The molecule has 1 saturated heterocycles. The molecule has 82 valence electrons. The highest BCUT2D eigenvalue weighted by Gasteiger charge is 2.25. The van der Waals surface area contributed by atoms with Gasteiger partial charge in [-0.3, -0.25) is 0 Å². The Morgan fingerprint density at radius 3 is 3.07 bits per heavy atom. The van der Waals surface area contributed by atoms with E-state index in [2.05, 4.69) is 23.3 Å². The molecule has 0 spiro atoms. The predicted molar refractivity (Wildman–Crippen MR) is 63.5 cm³/mol. The first-order valence-corrected chi connectivity index (χ1v) is 6.10. The summed E-state index contributed by atoms with van der Waals surface area (Å²) in [7, 11) is 1.89. The topological polar surface area (TPSA) is 34.1 Å². The van der Waals surface area contributed by atoms with Crippen molar-refractivity contribution < 1.29 is 4.74 Å². The molecule has 1 aromatic rings. The normalized spacial score (nSPS) is 25.5. The first kappa shape index (κ1) is 10.8. The van der Waals surface area contributed by atoms with Crippen LogP contribution >= 0.6 is 11.8 Å². The molecule has 4 heteroatoms. The van der Waals surface area contributed by atoms with E-state index in [4.69, 9.17) is 4.74 Å². The lowest BCUT2D eigenvalue weighted by Crippen LogP contribution is -2.13. The second-order valence-electron chi connectivity index (χ2n) is 3.63. The molecule has 1 fully saturated rings. The van der Waals surface area contributed by atoms with Gasteiger partial charge in [-0.25, -0.2) is 4.98 Å². The van der Waals surface area contributed by atoms with Gasteiger partial charge in [-0.05, 0) is 25.5 Å². The maximum Gasteiger partial charge on any atom is 0.126 e. The summed E-state index contributed by atoms with van der Waals surface area (Å²) in [6.07, 6.45) is 1.46. The summed E-state index contributed by atoms with van der Waals surface area (Å²) in [4.78, 5) is 4.49. The molecule has 1 aliphatic heterocycles. The van der Waals surface area contributed by atoms with Gasteiger partial charge in [-0.15, -0.1) is 11.8 Å². The number of anilines is 1. The lowest BCUT2D eigenvalue weighted by molar-refractivity contribution is 0.127. The number of rotatable bonds is 3. The molecule has 1 aliphatic rings. The standard InChI is InChI=1S/C11H16N2OS/c1-8-9(6-7-14-8)15-11-5-3-4-10(12-2)13-11/h3-5,8-9H,6-7H2,1-2H3,(H,12,13). The fourth-order valence-corrected chi connectivity index (χ4v) is 2.74. The summed E-state index contributed by atoms with van der Waals surface area (Å²) >= 11 is 1.81. The summed E-state index contributed by atoms with van der Waals surface area (Å²) in [5, 5.41) is 4.67. The fraction of sp³-hybridized carbons (Fsp3) is 0.545. The van der Waals surface area contributed by atoms with Gasteiger partial charge in [0.2, 0.25) is 0 Å². The second kappa shape index (κ2) is 4.86. The van der Waals surface area contributed by atoms with Gasteiger partial charge >= 0.3 is 0 Å². The molecule has 2 atom stereocenters. The van der Waals surface area contributed by atoms with Crippen LogP contribution in [-0.2, 0) is 4.74 Å². The Labute approximate surface area is 94.6 Å². The molecule has 2 unspecified atom stereocenters. The predicted octanol–water partition coefficient (Wildman–Crippen LogP) is 2.39. The van der Waals surface area contributed by atoms with Crippen LogP contribution in [0.2, 0.25) is 0 Å². The number of aromatic nitrogens is 1. The molecule has 3 nitrogen and oxygen atoms in total. The van der Waals surface area contributed by atoms with E-state index < -0.39 is 0 Å². The Morgan fingerprint density at radius 2 is 2.40 bits per heavy atom. The Kier molecular flexibility index (Phi) is 3.49. The molecule has 0 saturated carbocycles. The summed E-state index contributed by atoms with van der Waals surface area (Å²) in [6, 6.07) is 6.05. The fourth-order valence-electron chi connectivity index (χ4n) is 1.64. The highest BCUT2D eigenvalue weighted by Crippen LogP contribution is 2.31. The zero-order chi connectivity index (χ0) is 10.7. The van der Waals surface area contributed by atoms with Crippen molar-refractivity contribution in [3.8, 4) is 0 Å². The smallest absolute Gasteiger partial charge is 0.126 e. The van der Waals surface area contributed by atoms with Crippen LogP contribution in [0.4, 0.5) is 5.82 Å². The van der Waals surface area contributed by atoms with Crippen LogP contribution in [0.15, 0.2) is 23.2 Å². The van der Waals surface area contributed by atoms with Gasteiger partial charge in [0.05, 0.1) is 11.1 Å². The first-order valence-electron chi connectivity index (χ1n) is 5.22. The molecular formula is C11H16N2OS. The zero-order valence-corrected chi connectivity index (χ0v) is 9.88. The number of pyridine rings is 1. The van der Waals surface area contributed by atoms with Gasteiger partial charge in [0.1, 0.15) is 5.82 Å². The van der Waals surface area contributed by atoms with Crippen molar-refractivity contribution in [1.82, 2.24) is 4.98 Å². The number of nitrogens with one attached hydrogen (secondary N) is 1. The SMILES string of the molecule is CNc1cccc(SC2CCOC2C)n1. The van der Waals surface area contributed by atoms with E-state index >= 15 is 0 Å². The minimum absolute atomic E-state index is 0.343. The quantitative estimate of drug-likeness (QED) is 0.855. The van der Waals surface area contributed by atoms with Crippen LogP contribution in [0.1, 0.15) is 13.3 Å². The third-order valence-electron chi connectivity index (χ3n) is 2.56. The number of thioether (sulfide) groups is 1. The third kappa shape index (κ3) is 2.63. The van der Waals surface area contributed by atoms with Crippen LogP contribution in [0.25, 0.3) is 0 Å². The lowest BCUT2D eigenvalue weighted by Gasteiger charge is -2.13. The molecule has 0 radical (unpaired) electrons.